The van der Waals surface area contributed by atoms with Gasteiger partial charge in [-0.15, -0.1) is 3.77 Å². The number of rotatable bonds is 6. The molecule has 6 heteroatoms. The number of benzene rings is 3. The third kappa shape index (κ3) is 5.27. The molecular formula is C20H18ClNO2S2. The van der Waals surface area contributed by atoms with Crippen LogP contribution in [0.25, 0.3) is 0 Å². The van der Waals surface area contributed by atoms with Crippen LogP contribution in [0.15, 0.2) is 93.6 Å². The molecule has 0 aliphatic carbocycles. The molecule has 134 valence electrons. The van der Waals surface area contributed by atoms with E-state index in [4.69, 9.17) is 11.6 Å². The highest BCUT2D eigenvalue weighted by Crippen LogP contribution is 2.19. The standard InChI is InChI=1S/C20H18ClNO2S2/c21-19-11-13-20(14-12-19)26(23,24)22-25(15-17-7-3-1-4-8-17)16-18-9-5-2-6-10-18/h1-14H,15-16H2. The molecule has 3 aromatic carbocycles. The first-order chi connectivity index (χ1) is 12.5. The zero-order valence-corrected chi connectivity index (χ0v) is 16.3. The summed E-state index contributed by atoms with van der Waals surface area (Å²) < 4.78 is 29.7. The van der Waals surface area contributed by atoms with Crippen molar-refractivity contribution in [1.82, 2.24) is 0 Å². The van der Waals surface area contributed by atoms with Crippen molar-refractivity contribution in [3.05, 3.63) is 101 Å². The molecule has 0 amide bonds. The van der Waals surface area contributed by atoms with E-state index in [0.717, 1.165) is 11.1 Å². The molecule has 0 aliphatic rings. The van der Waals surface area contributed by atoms with E-state index >= 15 is 0 Å². The maximum absolute atomic E-state index is 12.7. The second kappa shape index (κ2) is 8.62. The molecule has 0 radical (unpaired) electrons. The SMILES string of the molecule is O=S(=O)(N=S(Cc1ccccc1)Cc1ccccc1)c1ccc(Cl)cc1. The van der Waals surface area contributed by atoms with E-state index in [1.807, 2.05) is 60.7 Å². The van der Waals surface area contributed by atoms with Gasteiger partial charge < -0.3 is 0 Å². The Bertz CT molecular complexity index is 944. The van der Waals surface area contributed by atoms with Crippen LogP contribution in [0.5, 0.6) is 0 Å². The lowest BCUT2D eigenvalue weighted by Gasteiger charge is -2.09. The lowest BCUT2D eigenvalue weighted by molar-refractivity contribution is 0.598. The van der Waals surface area contributed by atoms with Gasteiger partial charge >= 0.3 is 0 Å². The second-order valence-corrected chi connectivity index (χ2v) is 9.68. The summed E-state index contributed by atoms with van der Waals surface area (Å²) >= 11 is 5.86. The molecular weight excluding hydrogens is 386 g/mol. The van der Waals surface area contributed by atoms with Gasteiger partial charge in [-0.05, 0) is 35.4 Å². The zero-order valence-electron chi connectivity index (χ0n) is 14.0. The number of sulfonamides is 1. The fourth-order valence-electron chi connectivity index (χ4n) is 2.43. The van der Waals surface area contributed by atoms with Gasteiger partial charge in [0.25, 0.3) is 10.0 Å². The van der Waals surface area contributed by atoms with Crippen molar-refractivity contribution >= 4 is 32.3 Å². The molecule has 26 heavy (non-hydrogen) atoms. The van der Waals surface area contributed by atoms with Gasteiger partial charge in [0, 0.05) is 16.5 Å². The Labute approximate surface area is 161 Å². The minimum atomic E-state index is -3.74. The molecule has 0 aromatic heterocycles. The lowest BCUT2D eigenvalue weighted by Crippen LogP contribution is -2.05. The Balaban J connectivity index is 1.95. The van der Waals surface area contributed by atoms with E-state index in [0.29, 0.717) is 16.5 Å². The van der Waals surface area contributed by atoms with E-state index in [1.54, 1.807) is 12.1 Å². The minimum absolute atomic E-state index is 0.167. The summed E-state index contributed by atoms with van der Waals surface area (Å²) in [6, 6.07) is 25.8. The van der Waals surface area contributed by atoms with E-state index < -0.39 is 20.7 Å². The van der Waals surface area contributed by atoms with Crippen molar-refractivity contribution in [1.29, 1.82) is 0 Å². The van der Waals surface area contributed by atoms with Crippen LogP contribution < -0.4 is 0 Å². The Morgan fingerprint density at radius 1 is 0.731 bits per heavy atom. The fourth-order valence-corrected chi connectivity index (χ4v) is 6.16. The van der Waals surface area contributed by atoms with Crippen LogP contribution in [-0.4, -0.2) is 8.42 Å². The van der Waals surface area contributed by atoms with E-state index in [1.165, 1.54) is 12.1 Å². The third-order valence-corrected chi connectivity index (χ3v) is 7.75. The quantitative estimate of drug-likeness (QED) is 0.565. The first-order valence-corrected chi connectivity index (χ1v) is 11.4. The van der Waals surface area contributed by atoms with Crippen molar-refractivity contribution < 1.29 is 8.42 Å². The Morgan fingerprint density at radius 2 is 1.19 bits per heavy atom. The van der Waals surface area contributed by atoms with Crippen LogP contribution in [0.3, 0.4) is 0 Å². The van der Waals surface area contributed by atoms with E-state index in [-0.39, 0.29) is 4.90 Å². The molecule has 0 unspecified atom stereocenters. The molecule has 3 rings (SSSR count). The van der Waals surface area contributed by atoms with Crippen molar-refractivity contribution in [2.45, 2.75) is 16.4 Å². The summed E-state index contributed by atoms with van der Waals surface area (Å²) in [6.45, 7) is 0. The summed E-state index contributed by atoms with van der Waals surface area (Å²) in [5, 5.41) is 0.497. The highest BCUT2D eigenvalue weighted by molar-refractivity contribution is 7.99. The highest BCUT2D eigenvalue weighted by Gasteiger charge is 2.14. The molecule has 0 atom stereocenters. The zero-order chi connectivity index (χ0) is 18.4. The third-order valence-electron chi connectivity index (χ3n) is 3.67. The van der Waals surface area contributed by atoms with Crippen LogP contribution in [0, 0.1) is 0 Å². The fraction of sp³-hybridized carbons (Fsp3) is 0.100. The van der Waals surface area contributed by atoms with Gasteiger partial charge in [-0.3, -0.25) is 0 Å². The summed E-state index contributed by atoms with van der Waals surface area (Å²) in [7, 11) is -4.44. The molecule has 3 nitrogen and oxygen atoms in total. The summed E-state index contributed by atoms with van der Waals surface area (Å²) in [4.78, 5) is 0.167. The molecule has 3 aromatic rings. The van der Waals surface area contributed by atoms with Crippen molar-refractivity contribution in [3.8, 4) is 0 Å². The number of hydrogen-bond donors (Lipinski definition) is 0. The molecule has 0 saturated heterocycles. The van der Waals surface area contributed by atoms with Crippen molar-refractivity contribution in [3.63, 3.8) is 0 Å². The molecule has 0 aliphatic heterocycles. The Morgan fingerprint density at radius 3 is 1.65 bits per heavy atom. The van der Waals surface area contributed by atoms with Crippen molar-refractivity contribution in [2.24, 2.45) is 3.77 Å². The van der Waals surface area contributed by atoms with Gasteiger partial charge in [0.2, 0.25) is 0 Å². The summed E-state index contributed by atoms with van der Waals surface area (Å²) in [5.41, 5.74) is 2.14. The minimum Gasteiger partial charge on any atom is -0.199 e. The van der Waals surface area contributed by atoms with Crippen LogP contribution in [0.1, 0.15) is 11.1 Å². The van der Waals surface area contributed by atoms with Gasteiger partial charge in [0.15, 0.2) is 0 Å². The predicted octanol–water partition coefficient (Wildman–Crippen LogP) is 5.23. The molecule has 0 fully saturated rings. The molecule has 0 heterocycles. The van der Waals surface area contributed by atoms with Gasteiger partial charge in [-0.1, -0.05) is 83.0 Å². The number of halogens is 1. The predicted molar refractivity (Wildman–Crippen MR) is 109 cm³/mol. The average Bonchev–Trinajstić information content (AvgIpc) is 2.63. The molecule has 0 spiro atoms. The average molecular weight is 404 g/mol. The Kier molecular flexibility index (Phi) is 6.25. The number of nitrogens with zero attached hydrogens (tertiary/aromatic N) is 1. The summed E-state index contributed by atoms with van der Waals surface area (Å²) in [6.07, 6.45) is 0. The van der Waals surface area contributed by atoms with Gasteiger partial charge in [-0.2, -0.15) is 8.42 Å². The monoisotopic (exact) mass is 403 g/mol. The van der Waals surface area contributed by atoms with Crippen LogP contribution in [0.2, 0.25) is 5.02 Å². The van der Waals surface area contributed by atoms with E-state index in [2.05, 4.69) is 3.77 Å². The summed E-state index contributed by atoms with van der Waals surface area (Å²) in [5.74, 6) is 1.17. The van der Waals surface area contributed by atoms with Crippen LogP contribution in [-0.2, 0) is 32.2 Å². The maximum Gasteiger partial charge on any atom is 0.287 e. The van der Waals surface area contributed by atoms with Gasteiger partial charge in [0.1, 0.15) is 0 Å². The highest BCUT2D eigenvalue weighted by atomic mass is 35.5. The topological polar surface area (TPSA) is 46.5 Å². The largest absolute Gasteiger partial charge is 0.287 e. The number of hydrogen-bond acceptors (Lipinski definition) is 2. The molecule has 0 saturated carbocycles. The van der Waals surface area contributed by atoms with Crippen LogP contribution >= 0.6 is 11.6 Å². The molecule has 0 N–H and O–H groups in total. The first-order valence-electron chi connectivity index (χ1n) is 8.02. The second-order valence-electron chi connectivity index (χ2n) is 5.73. The Hall–Kier alpha value is -1.95. The first kappa shape index (κ1) is 18.8. The molecule has 0 bridgehead atoms. The smallest absolute Gasteiger partial charge is 0.199 e. The van der Waals surface area contributed by atoms with Gasteiger partial charge in [0.05, 0.1) is 4.90 Å². The van der Waals surface area contributed by atoms with Crippen molar-refractivity contribution in [2.75, 3.05) is 0 Å². The van der Waals surface area contributed by atoms with E-state index in [9.17, 15) is 8.42 Å². The normalized spacial score (nSPS) is 11.5. The lowest BCUT2D eigenvalue weighted by atomic mass is 10.2. The van der Waals surface area contributed by atoms with Crippen LogP contribution in [0.4, 0.5) is 0 Å². The maximum atomic E-state index is 12.7. The van der Waals surface area contributed by atoms with Gasteiger partial charge in [-0.25, -0.2) is 0 Å².